The highest BCUT2D eigenvalue weighted by Crippen LogP contribution is 2.05. The molecular formula is C11H19N3O2. The van der Waals surface area contributed by atoms with Crippen LogP contribution in [-0.4, -0.2) is 26.7 Å². The van der Waals surface area contributed by atoms with E-state index in [9.17, 15) is 4.79 Å². The quantitative estimate of drug-likeness (QED) is 0.753. The van der Waals surface area contributed by atoms with Crippen molar-refractivity contribution >= 4 is 5.97 Å². The topological polar surface area (TPSA) is 81.1 Å². The fourth-order valence-electron chi connectivity index (χ4n) is 1.35. The van der Waals surface area contributed by atoms with Gasteiger partial charge in [0.25, 0.3) is 0 Å². The van der Waals surface area contributed by atoms with E-state index in [1.54, 1.807) is 6.33 Å². The van der Waals surface area contributed by atoms with Crippen LogP contribution in [0.3, 0.4) is 0 Å². The first-order valence-electron chi connectivity index (χ1n) is 5.48. The Kier molecular flexibility index (Phi) is 4.49. The third-order valence-corrected chi connectivity index (χ3v) is 2.40. The smallest absolute Gasteiger partial charge is 0.320 e. The van der Waals surface area contributed by atoms with Crippen molar-refractivity contribution in [1.82, 2.24) is 9.55 Å². The maximum absolute atomic E-state index is 10.6. The van der Waals surface area contributed by atoms with Crippen LogP contribution in [0.1, 0.15) is 26.0 Å². The van der Waals surface area contributed by atoms with Crippen molar-refractivity contribution in [1.29, 1.82) is 0 Å². The van der Waals surface area contributed by atoms with E-state index in [0.29, 0.717) is 5.92 Å². The van der Waals surface area contributed by atoms with Crippen LogP contribution in [0.25, 0.3) is 0 Å². The van der Waals surface area contributed by atoms with Crippen LogP contribution < -0.4 is 5.73 Å². The second-order valence-electron chi connectivity index (χ2n) is 4.43. The molecule has 0 aliphatic heterocycles. The Morgan fingerprint density at radius 1 is 1.62 bits per heavy atom. The molecule has 90 valence electrons. The summed E-state index contributed by atoms with van der Waals surface area (Å²) in [5.41, 5.74) is 6.17. The first-order chi connectivity index (χ1) is 7.49. The number of hydrogen-bond donors (Lipinski definition) is 2. The molecule has 16 heavy (non-hydrogen) atoms. The van der Waals surface area contributed by atoms with Gasteiger partial charge in [0, 0.05) is 19.2 Å². The highest BCUT2D eigenvalue weighted by atomic mass is 16.4. The van der Waals surface area contributed by atoms with E-state index in [0.717, 1.165) is 18.7 Å². The first-order valence-corrected chi connectivity index (χ1v) is 5.48. The summed E-state index contributed by atoms with van der Waals surface area (Å²) < 4.78 is 1.98. The Hall–Kier alpha value is -1.36. The molecule has 5 heteroatoms. The van der Waals surface area contributed by atoms with Gasteiger partial charge in [0.1, 0.15) is 6.04 Å². The lowest BCUT2D eigenvalue weighted by atomic mass is 10.1. The SMILES string of the molecule is CC(C)CCn1cnc(C[C@H](N)C(=O)O)c1. The second kappa shape index (κ2) is 5.65. The third-order valence-electron chi connectivity index (χ3n) is 2.40. The molecule has 5 nitrogen and oxygen atoms in total. The Morgan fingerprint density at radius 2 is 2.31 bits per heavy atom. The lowest BCUT2D eigenvalue weighted by molar-refractivity contribution is -0.138. The molecule has 3 N–H and O–H groups in total. The minimum atomic E-state index is -0.989. The predicted molar refractivity (Wildman–Crippen MR) is 61.0 cm³/mol. The Labute approximate surface area is 95.3 Å². The molecule has 1 aromatic rings. The normalized spacial score (nSPS) is 13.0. The zero-order chi connectivity index (χ0) is 12.1. The number of imidazole rings is 1. The third kappa shape index (κ3) is 4.02. The fraction of sp³-hybridized carbons (Fsp3) is 0.636. The van der Waals surface area contributed by atoms with Gasteiger partial charge < -0.3 is 15.4 Å². The van der Waals surface area contributed by atoms with Gasteiger partial charge in [0.15, 0.2) is 0 Å². The van der Waals surface area contributed by atoms with Crippen LogP contribution in [0.15, 0.2) is 12.5 Å². The number of nitrogens with zero attached hydrogens (tertiary/aromatic N) is 2. The van der Waals surface area contributed by atoms with Crippen molar-refractivity contribution in [2.45, 2.75) is 39.3 Å². The molecule has 1 rings (SSSR count). The van der Waals surface area contributed by atoms with Crippen molar-refractivity contribution in [3.05, 3.63) is 18.2 Å². The van der Waals surface area contributed by atoms with Crippen LogP contribution in [-0.2, 0) is 17.8 Å². The average Bonchev–Trinajstić information content (AvgIpc) is 2.62. The Morgan fingerprint density at radius 3 is 2.88 bits per heavy atom. The van der Waals surface area contributed by atoms with E-state index >= 15 is 0 Å². The zero-order valence-electron chi connectivity index (χ0n) is 9.76. The van der Waals surface area contributed by atoms with Gasteiger partial charge >= 0.3 is 5.97 Å². The summed E-state index contributed by atoms with van der Waals surface area (Å²) in [6, 6.07) is -0.867. The molecule has 0 amide bonds. The van der Waals surface area contributed by atoms with Crippen LogP contribution in [0.2, 0.25) is 0 Å². The van der Waals surface area contributed by atoms with E-state index in [4.69, 9.17) is 10.8 Å². The molecule has 0 saturated heterocycles. The summed E-state index contributed by atoms with van der Waals surface area (Å²) in [6.45, 7) is 5.24. The summed E-state index contributed by atoms with van der Waals surface area (Å²) in [5, 5.41) is 8.67. The van der Waals surface area contributed by atoms with Gasteiger partial charge in [-0.25, -0.2) is 4.98 Å². The van der Waals surface area contributed by atoms with Gasteiger partial charge in [0.05, 0.1) is 12.0 Å². The molecule has 0 radical (unpaired) electrons. The summed E-state index contributed by atoms with van der Waals surface area (Å²) in [7, 11) is 0. The Balaban J connectivity index is 2.48. The number of nitrogens with two attached hydrogens (primary N) is 1. The highest BCUT2D eigenvalue weighted by Gasteiger charge is 2.13. The fourth-order valence-corrected chi connectivity index (χ4v) is 1.35. The van der Waals surface area contributed by atoms with Crippen LogP contribution in [0.5, 0.6) is 0 Å². The number of rotatable bonds is 6. The first kappa shape index (κ1) is 12.7. The highest BCUT2D eigenvalue weighted by molar-refractivity contribution is 5.73. The minimum absolute atomic E-state index is 0.282. The predicted octanol–water partition coefficient (Wildman–Crippen LogP) is 0.884. The van der Waals surface area contributed by atoms with Crippen molar-refractivity contribution in [2.75, 3.05) is 0 Å². The molecule has 0 aliphatic carbocycles. The number of aryl methyl sites for hydroxylation is 1. The molecule has 0 fully saturated rings. The maximum atomic E-state index is 10.6. The van der Waals surface area contributed by atoms with Crippen LogP contribution in [0, 0.1) is 5.92 Å². The van der Waals surface area contributed by atoms with E-state index in [2.05, 4.69) is 18.8 Å². The van der Waals surface area contributed by atoms with Crippen molar-refractivity contribution in [3.63, 3.8) is 0 Å². The monoisotopic (exact) mass is 225 g/mol. The molecule has 0 saturated carbocycles. The van der Waals surface area contributed by atoms with Gasteiger partial charge in [-0.3, -0.25) is 4.79 Å². The number of aromatic nitrogens is 2. The van der Waals surface area contributed by atoms with Gasteiger partial charge in [-0.1, -0.05) is 13.8 Å². The lowest BCUT2D eigenvalue weighted by Gasteiger charge is -2.05. The molecule has 0 bridgehead atoms. The largest absolute Gasteiger partial charge is 0.480 e. The molecule has 0 aliphatic rings. The van der Waals surface area contributed by atoms with Crippen molar-refractivity contribution in [2.24, 2.45) is 11.7 Å². The minimum Gasteiger partial charge on any atom is -0.480 e. The second-order valence-corrected chi connectivity index (χ2v) is 4.43. The zero-order valence-corrected chi connectivity index (χ0v) is 9.76. The number of aliphatic carboxylic acids is 1. The number of hydrogen-bond acceptors (Lipinski definition) is 3. The molecule has 0 unspecified atom stereocenters. The molecule has 1 heterocycles. The summed E-state index contributed by atoms with van der Waals surface area (Å²) >= 11 is 0. The number of carbonyl (C=O) groups is 1. The van der Waals surface area contributed by atoms with Crippen LogP contribution in [0.4, 0.5) is 0 Å². The number of carboxylic acids is 1. The summed E-state index contributed by atoms with van der Waals surface area (Å²) in [5.74, 6) is -0.344. The van der Waals surface area contributed by atoms with Gasteiger partial charge in [-0.2, -0.15) is 0 Å². The van der Waals surface area contributed by atoms with Crippen molar-refractivity contribution < 1.29 is 9.90 Å². The Bertz CT molecular complexity index is 347. The molecule has 0 spiro atoms. The summed E-state index contributed by atoms with van der Waals surface area (Å²) in [6.07, 6.45) is 4.96. The molecule has 1 aromatic heterocycles. The molecule has 1 atom stereocenters. The van der Waals surface area contributed by atoms with E-state index in [-0.39, 0.29) is 6.42 Å². The lowest BCUT2D eigenvalue weighted by Crippen LogP contribution is -2.32. The van der Waals surface area contributed by atoms with Gasteiger partial charge in [-0.15, -0.1) is 0 Å². The van der Waals surface area contributed by atoms with E-state index in [1.807, 2.05) is 10.8 Å². The average molecular weight is 225 g/mol. The van der Waals surface area contributed by atoms with E-state index < -0.39 is 12.0 Å². The van der Waals surface area contributed by atoms with Crippen molar-refractivity contribution in [3.8, 4) is 0 Å². The maximum Gasteiger partial charge on any atom is 0.320 e. The number of carboxylic acid groups (broad SMARTS) is 1. The van der Waals surface area contributed by atoms with E-state index in [1.165, 1.54) is 0 Å². The summed E-state index contributed by atoms with van der Waals surface area (Å²) in [4.78, 5) is 14.7. The van der Waals surface area contributed by atoms with Gasteiger partial charge in [0.2, 0.25) is 0 Å². The molecule has 0 aromatic carbocycles. The van der Waals surface area contributed by atoms with Gasteiger partial charge in [-0.05, 0) is 12.3 Å². The van der Waals surface area contributed by atoms with Crippen LogP contribution >= 0.6 is 0 Å². The standard InChI is InChI=1S/C11H19N3O2/c1-8(2)3-4-14-6-9(13-7-14)5-10(12)11(15)16/h6-8,10H,3-5,12H2,1-2H3,(H,15,16)/t10-/m0/s1. The molecular weight excluding hydrogens is 206 g/mol.